The third-order valence-electron chi connectivity index (χ3n) is 4.61. The fourth-order valence-corrected chi connectivity index (χ4v) is 3.03. The van der Waals surface area contributed by atoms with Gasteiger partial charge in [0.1, 0.15) is 0 Å². The van der Waals surface area contributed by atoms with Crippen LogP contribution in [0.5, 0.6) is 0 Å². The van der Waals surface area contributed by atoms with Gasteiger partial charge in [-0.25, -0.2) is 0 Å². The summed E-state index contributed by atoms with van der Waals surface area (Å²) in [6, 6.07) is 8.31. The minimum atomic E-state index is 0.0273. The highest BCUT2D eigenvalue weighted by Crippen LogP contribution is 2.14. The predicted octanol–water partition coefficient (Wildman–Crippen LogP) is 1.60. The number of ketones is 1. The van der Waals surface area contributed by atoms with Gasteiger partial charge in [-0.05, 0) is 37.9 Å². The zero-order chi connectivity index (χ0) is 18.6. The summed E-state index contributed by atoms with van der Waals surface area (Å²) >= 11 is 0. The second-order valence-corrected chi connectivity index (χ2v) is 6.79. The first kappa shape index (κ1) is 21.0. The van der Waals surface area contributed by atoms with Gasteiger partial charge in [-0.1, -0.05) is 24.3 Å². The lowest BCUT2D eigenvalue weighted by Gasteiger charge is -2.30. The molecule has 2 rings (SSSR count). The number of carbonyl (C=O) groups excluding carboxylic acids is 1. The molecule has 146 valence electrons. The molecule has 1 saturated heterocycles. The number of likely N-dealkylation sites (tertiary alicyclic amines) is 1. The number of nitrogens with zero attached hydrogens (tertiary/aromatic N) is 1. The molecule has 6 nitrogen and oxygen atoms in total. The van der Waals surface area contributed by atoms with Crippen molar-refractivity contribution in [3.05, 3.63) is 35.4 Å². The van der Waals surface area contributed by atoms with E-state index >= 15 is 0 Å². The van der Waals surface area contributed by atoms with Gasteiger partial charge in [-0.15, -0.1) is 0 Å². The Kier molecular flexibility index (Phi) is 9.81. The SMILES string of the molecule is NC1CCN(Cc2ccc(C(=O)CCCOCCOCCO)cc2)CC1. The molecule has 0 unspecified atom stereocenters. The number of benzene rings is 1. The number of ether oxygens (including phenoxy) is 2. The number of rotatable bonds is 12. The largest absolute Gasteiger partial charge is 0.394 e. The molecular weight excluding hydrogens is 332 g/mol. The molecule has 0 aromatic heterocycles. The summed E-state index contributed by atoms with van der Waals surface area (Å²) in [6.07, 6.45) is 3.31. The van der Waals surface area contributed by atoms with Crippen LogP contribution in [0.3, 0.4) is 0 Å². The average molecular weight is 364 g/mol. The van der Waals surface area contributed by atoms with Gasteiger partial charge < -0.3 is 20.3 Å². The fraction of sp³-hybridized carbons (Fsp3) is 0.650. The maximum atomic E-state index is 12.2. The van der Waals surface area contributed by atoms with Gasteiger partial charge in [0.15, 0.2) is 5.78 Å². The van der Waals surface area contributed by atoms with E-state index in [-0.39, 0.29) is 12.4 Å². The lowest BCUT2D eigenvalue weighted by Crippen LogP contribution is -2.39. The highest BCUT2D eigenvalue weighted by atomic mass is 16.5. The van der Waals surface area contributed by atoms with Gasteiger partial charge in [0, 0.05) is 31.2 Å². The van der Waals surface area contributed by atoms with Crippen LogP contribution in [0.1, 0.15) is 41.6 Å². The standard InChI is InChI=1S/C20H32N2O4/c21-19-7-9-22(10-8-19)16-17-3-5-18(6-4-17)20(24)2-1-12-25-14-15-26-13-11-23/h3-6,19,23H,1-2,7-16,21H2. The predicted molar refractivity (Wildman–Crippen MR) is 101 cm³/mol. The molecule has 1 fully saturated rings. The van der Waals surface area contributed by atoms with Crippen LogP contribution in [0, 0.1) is 0 Å². The summed E-state index contributed by atoms with van der Waals surface area (Å²) in [5.74, 6) is 0.153. The number of aliphatic hydroxyl groups is 1. The lowest BCUT2D eigenvalue weighted by atomic mass is 10.0. The zero-order valence-corrected chi connectivity index (χ0v) is 15.6. The number of carbonyl (C=O) groups is 1. The molecule has 0 atom stereocenters. The zero-order valence-electron chi connectivity index (χ0n) is 15.6. The van der Waals surface area contributed by atoms with E-state index in [1.54, 1.807) is 0 Å². The second kappa shape index (κ2) is 12.1. The van der Waals surface area contributed by atoms with E-state index in [1.165, 1.54) is 5.56 Å². The second-order valence-electron chi connectivity index (χ2n) is 6.79. The quantitative estimate of drug-likeness (QED) is 0.433. The Morgan fingerprint density at radius 2 is 1.73 bits per heavy atom. The van der Waals surface area contributed by atoms with E-state index in [0.717, 1.165) is 38.0 Å². The number of Topliss-reactive ketones (excluding diaryl/α,β-unsaturated/α-hetero) is 1. The molecule has 1 aromatic rings. The Hall–Kier alpha value is -1.31. The maximum absolute atomic E-state index is 12.2. The normalized spacial score (nSPS) is 16.1. The third kappa shape index (κ3) is 7.93. The van der Waals surface area contributed by atoms with Crippen LogP contribution in [0.15, 0.2) is 24.3 Å². The summed E-state index contributed by atoms with van der Waals surface area (Å²) in [6.45, 7) is 4.89. The van der Waals surface area contributed by atoms with E-state index in [0.29, 0.717) is 45.3 Å². The molecule has 0 bridgehead atoms. The molecule has 0 saturated carbocycles. The van der Waals surface area contributed by atoms with Crippen LogP contribution < -0.4 is 5.73 Å². The molecule has 26 heavy (non-hydrogen) atoms. The topological polar surface area (TPSA) is 85.0 Å². The van der Waals surface area contributed by atoms with Crippen molar-refractivity contribution in [1.29, 1.82) is 0 Å². The molecule has 0 radical (unpaired) electrons. The number of nitrogens with two attached hydrogens (primary N) is 1. The molecule has 1 heterocycles. The Morgan fingerprint density at radius 3 is 2.38 bits per heavy atom. The van der Waals surface area contributed by atoms with Crippen molar-refractivity contribution in [3.63, 3.8) is 0 Å². The first-order valence-corrected chi connectivity index (χ1v) is 9.55. The van der Waals surface area contributed by atoms with Crippen LogP contribution in [-0.2, 0) is 16.0 Å². The average Bonchev–Trinajstić information content (AvgIpc) is 2.66. The molecule has 1 aromatic carbocycles. The van der Waals surface area contributed by atoms with Crippen molar-refractivity contribution in [2.75, 3.05) is 46.1 Å². The van der Waals surface area contributed by atoms with Gasteiger partial charge in [0.25, 0.3) is 0 Å². The highest BCUT2D eigenvalue weighted by Gasteiger charge is 2.16. The van der Waals surface area contributed by atoms with Crippen molar-refractivity contribution >= 4 is 5.78 Å². The van der Waals surface area contributed by atoms with E-state index in [9.17, 15) is 4.79 Å². The van der Waals surface area contributed by atoms with E-state index in [4.69, 9.17) is 20.3 Å². The number of hydrogen-bond donors (Lipinski definition) is 2. The minimum Gasteiger partial charge on any atom is -0.394 e. The van der Waals surface area contributed by atoms with Gasteiger partial charge in [0.2, 0.25) is 0 Å². The summed E-state index contributed by atoms with van der Waals surface area (Å²) in [5.41, 5.74) is 7.94. The fourth-order valence-electron chi connectivity index (χ4n) is 3.03. The Labute approximate surface area is 156 Å². The molecule has 3 N–H and O–H groups in total. The van der Waals surface area contributed by atoms with Gasteiger partial charge in [-0.2, -0.15) is 0 Å². The number of aliphatic hydroxyl groups excluding tert-OH is 1. The van der Waals surface area contributed by atoms with Gasteiger partial charge >= 0.3 is 0 Å². The molecule has 1 aliphatic heterocycles. The van der Waals surface area contributed by atoms with Crippen LogP contribution >= 0.6 is 0 Å². The first-order chi connectivity index (χ1) is 12.7. The van der Waals surface area contributed by atoms with E-state index in [2.05, 4.69) is 17.0 Å². The molecular formula is C20H32N2O4. The molecule has 6 heteroatoms. The van der Waals surface area contributed by atoms with Gasteiger partial charge in [0.05, 0.1) is 26.4 Å². The Balaban J connectivity index is 1.62. The molecule has 0 aliphatic carbocycles. The van der Waals surface area contributed by atoms with Crippen LogP contribution in [0.25, 0.3) is 0 Å². The Morgan fingerprint density at radius 1 is 1.08 bits per heavy atom. The van der Waals surface area contributed by atoms with Crippen LogP contribution in [0.4, 0.5) is 0 Å². The van der Waals surface area contributed by atoms with Gasteiger partial charge in [-0.3, -0.25) is 9.69 Å². The van der Waals surface area contributed by atoms with Crippen molar-refractivity contribution < 1.29 is 19.4 Å². The smallest absolute Gasteiger partial charge is 0.162 e. The number of hydrogen-bond acceptors (Lipinski definition) is 6. The van der Waals surface area contributed by atoms with Crippen LogP contribution in [0.2, 0.25) is 0 Å². The summed E-state index contributed by atoms with van der Waals surface area (Å²) in [4.78, 5) is 14.6. The van der Waals surface area contributed by atoms with Crippen LogP contribution in [-0.4, -0.2) is 68.0 Å². The molecule has 0 amide bonds. The summed E-state index contributed by atoms with van der Waals surface area (Å²) < 4.78 is 10.5. The van der Waals surface area contributed by atoms with Crippen molar-refractivity contribution in [1.82, 2.24) is 4.90 Å². The maximum Gasteiger partial charge on any atom is 0.162 e. The summed E-state index contributed by atoms with van der Waals surface area (Å²) in [7, 11) is 0. The minimum absolute atomic E-state index is 0.0273. The van der Waals surface area contributed by atoms with Crippen molar-refractivity contribution in [3.8, 4) is 0 Å². The number of piperidine rings is 1. The van der Waals surface area contributed by atoms with Crippen molar-refractivity contribution in [2.45, 2.75) is 38.3 Å². The Bertz CT molecular complexity index is 513. The molecule has 0 spiro atoms. The molecule has 1 aliphatic rings. The lowest BCUT2D eigenvalue weighted by molar-refractivity contribution is 0.0321. The summed E-state index contributed by atoms with van der Waals surface area (Å²) in [5, 5.41) is 8.57. The third-order valence-corrected chi connectivity index (χ3v) is 4.61. The monoisotopic (exact) mass is 364 g/mol. The van der Waals surface area contributed by atoms with E-state index in [1.807, 2.05) is 12.1 Å². The first-order valence-electron chi connectivity index (χ1n) is 9.55. The van der Waals surface area contributed by atoms with Crippen molar-refractivity contribution in [2.24, 2.45) is 5.73 Å². The van der Waals surface area contributed by atoms with E-state index < -0.39 is 0 Å². The highest BCUT2D eigenvalue weighted by molar-refractivity contribution is 5.96.